The number of aliphatic hydroxyl groups is 1. The smallest absolute Gasteiger partial charge is 0.243 e. The molecule has 2 N–H and O–H groups in total. The number of ether oxygens (including phenoxy) is 2. The van der Waals surface area contributed by atoms with Crippen LogP contribution in [0.1, 0.15) is 72.6 Å². The molecule has 0 bridgehead atoms. The molecule has 3 aliphatic rings. The van der Waals surface area contributed by atoms with E-state index in [0.717, 1.165) is 51.6 Å². The van der Waals surface area contributed by atoms with Crippen LogP contribution in [0.4, 0.5) is 0 Å². The molecule has 5 heteroatoms. The lowest BCUT2D eigenvalue weighted by Crippen LogP contribution is -2.43. The zero-order valence-corrected chi connectivity index (χ0v) is 19.0. The molecule has 5 nitrogen and oxygen atoms in total. The van der Waals surface area contributed by atoms with Crippen molar-refractivity contribution >= 4 is 5.91 Å². The molecule has 2 aliphatic heterocycles. The topological polar surface area (TPSA) is 71.1 Å². The van der Waals surface area contributed by atoms with Crippen LogP contribution in [0.2, 0.25) is 0 Å². The van der Waals surface area contributed by atoms with Gasteiger partial charge in [0.05, 0.1) is 30.0 Å². The molecule has 30 heavy (non-hydrogen) atoms. The Morgan fingerprint density at radius 1 is 1.23 bits per heavy atom. The van der Waals surface area contributed by atoms with Crippen LogP contribution < -0.4 is 5.32 Å². The van der Waals surface area contributed by atoms with E-state index in [1.54, 1.807) is 6.92 Å². The third-order valence-electron chi connectivity index (χ3n) is 6.41. The third kappa shape index (κ3) is 7.36. The highest BCUT2D eigenvalue weighted by atomic mass is 16.6. The summed E-state index contributed by atoms with van der Waals surface area (Å²) < 4.78 is 11.9. The third-order valence-corrected chi connectivity index (χ3v) is 6.41. The van der Waals surface area contributed by atoms with Crippen molar-refractivity contribution in [3.05, 3.63) is 36.0 Å². The van der Waals surface area contributed by atoms with Gasteiger partial charge in [-0.05, 0) is 65.7 Å². The number of rotatable bonds is 7. The SMILES string of the molecule is CC(/C=C/[C@@H]1C[C@]2(CO2)CC(C)(C)O1)=C\C[C@H]1CC[C@@H](NC(=O)/C=C\[C@H](C)O)CC1. The van der Waals surface area contributed by atoms with E-state index in [0.29, 0.717) is 5.92 Å². The molecular weight excluding hydrogens is 378 g/mol. The number of allylic oxidation sites excluding steroid dienone is 3. The van der Waals surface area contributed by atoms with E-state index in [1.165, 1.54) is 17.7 Å². The van der Waals surface area contributed by atoms with Crippen molar-refractivity contribution in [2.24, 2.45) is 5.92 Å². The Balaban J connectivity index is 1.39. The highest BCUT2D eigenvalue weighted by Gasteiger charge is 2.53. The zero-order valence-electron chi connectivity index (χ0n) is 19.0. The molecule has 2 saturated heterocycles. The second-order valence-corrected chi connectivity index (χ2v) is 10.1. The Kier molecular flexibility index (Phi) is 7.59. The first-order valence-electron chi connectivity index (χ1n) is 11.5. The van der Waals surface area contributed by atoms with Crippen molar-refractivity contribution in [1.82, 2.24) is 5.32 Å². The van der Waals surface area contributed by atoms with Crippen molar-refractivity contribution in [3.63, 3.8) is 0 Å². The average molecular weight is 418 g/mol. The van der Waals surface area contributed by atoms with E-state index in [1.807, 2.05) is 0 Å². The summed E-state index contributed by atoms with van der Waals surface area (Å²) in [5.41, 5.74) is 1.22. The van der Waals surface area contributed by atoms with Gasteiger partial charge >= 0.3 is 0 Å². The van der Waals surface area contributed by atoms with E-state index in [-0.39, 0.29) is 29.3 Å². The Labute approximate surface area is 181 Å². The van der Waals surface area contributed by atoms with Crippen LogP contribution in [0.5, 0.6) is 0 Å². The molecule has 2 heterocycles. The molecule has 1 amide bonds. The summed E-state index contributed by atoms with van der Waals surface area (Å²) in [5, 5.41) is 12.3. The van der Waals surface area contributed by atoms with E-state index >= 15 is 0 Å². The number of hydrogen-bond donors (Lipinski definition) is 2. The Hall–Kier alpha value is -1.43. The summed E-state index contributed by atoms with van der Waals surface area (Å²) in [6.07, 6.45) is 16.6. The van der Waals surface area contributed by atoms with Crippen molar-refractivity contribution < 1.29 is 19.4 Å². The Morgan fingerprint density at radius 3 is 2.57 bits per heavy atom. The summed E-state index contributed by atoms with van der Waals surface area (Å²) in [4.78, 5) is 11.9. The van der Waals surface area contributed by atoms with Gasteiger partial charge in [-0.15, -0.1) is 0 Å². The quantitative estimate of drug-likeness (QED) is 0.370. The lowest BCUT2D eigenvalue weighted by molar-refractivity contribution is -0.117. The van der Waals surface area contributed by atoms with E-state index < -0.39 is 6.10 Å². The first-order chi connectivity index (χ1) is 14.1. The van der Waals surface area contributed by atoms with Crippen LogP contribution in [0.25, 0.3) is 0 Å². The van der Waals surface area contributed by atoms with Crippen molar-refractivity contribution in [1.29, 1.82) is 0 Å². The normalized spacial score (nSPS) is 35.1. The van der Waals surface area contributed by atoms with Crippen LogP contribution in [0.3, 0.4) is 0 Å². The van der Waals surface area contributed by atoms with Gasteiger partial charge < -0.3 is 19.9 Å². The predicted molar refractivity (Wildman–Crippen MR) is 119 cm³/mol. The molecule has 1 aliphatic carbocycles. The summed E-state index contributed by atoms with van der Waals surface area (Å²) in [7, 11) is 0. The van der Waals surface area contributed by atoms with Crippen molar-refractivity contribution in [2.75, 3.05) is 6.61 Å². The minimum absolute atomic E-state index is 0.0641. The van der Waals surface area contributed by atoms with Crippen LogP contribution >= 0.6 is 0 Å². The fourth-order valence-corrected chi connectivity index (χ4v) is 4.84. The lowest BCUT2D eigenvalue weighted by Gasteiger charge is -2.38. The van der Waals surface area contributed by atoms with Crippen LogP contribution in [-0.2, 0) is 14.3 Å². The molecule has 0 aromatic carbocycles. The summed E-state index contributed by atoms with van der Waals surface area (Å²) >= 11 is 0. The highest BCUT2D eigenvalue weighted by Crippen LogP contribution is 2.46. The molecule has 0 radical (unpaired) electrons. The maximum absolute atomic E-state index is 11.9. The number of carbonyl (C=O) groups excluding carboxylic acids is 1. The molecule has 3 atom stereocenters. The van der Waals surface area contributed by atoms with Gasteiger partial charge in [-0.2, -0.15) is 0 Å². The summed E-state index contributed by atoms with van der Waals surface area (Å²) in [6, 6.07) is 0.251. The second kappa shape index (κ2) is 9.80. The molecule has 0 aromatic rings. The first-order valence-corrected chi connectivity index (χ1v) is 11.5. The van der Waals surface area contributed by atoms with Crippen LogP contribution in [-0.4, -0.2) is 47.1 Å². The maximum Gasteiger partial charge on any atom is 0.243 e. The minimum Gasteiger partial charge on any atom is -0.389 e. The Morgan fingerprint density at radius 2 is 1.93 bits per heavy atom. The van der Waals surface area contributed by atoms with Crippen LogP contribution in [0, 0.1) is 5.92 Å². The zero-order chi connectivity index (χ0) is 21.8. The fourth-order valence-electron chi connectivity index (χ4n) is 4.84. The molecule has 3 rings (SSSR count). The standard InChI is InChI=1S/C25H39NO4/c1-18(6-13-22-15-25(17-29-25)16-24(3,4)30-22)5-8-20-9-11-21(12-10-20)26-23(28)14-7-19(2)27/h5-7,13-14,19-22,27H,8-12,15-17H2,1-4H3,(H,26,28)/b13-6+,14-7-,18-5+/t19-,20-,21+,22+,25+/m0/s1. The van der Waals surface area contributed by atoms with E-state index in [9.17, 15) is 9.90 Å². The molecule has 3 fully saturated rings. The number of carbonyl (C=O) groups is 1. The number of amides is 1. The van der Waals surface area contributed by atoms with Gasteiger partial charge in [-0.1, -0.05) is 29.9 Å². The molecule has 168 valence electrons. The molecular formula is C25H39NO4. The lowest BCUT2D eigenvalue weighted by atomic mass is 9.83. The van der Waals surface area contributed by atoms with Gasteiger partial charge in [0, 0.05) is 25.0 Å². The van der Waals surface area contributed by atoms with Crippen molar-refractivity contribution in [2.45, 2.75) is 102 Å². The summed E-state index contributed by atoms with van der Waals surface area (Å²) in [6.45, 7) is 8.98. The number of aliphatic hydroxyl groups excluding tert-OH is 1. The van der Waals surface area contributed by atoms with Gasteiger partial charge in [0.25, 0.3) is 0 Å². The Bertz CT molecular complexity index is 673. The second-order valence-electron chi connectivity index (χ2n) is 10.1. The van der Waals surface area contributed by atoms with Gasteiger partial charge in [0.15, 0.2) is 0 Å². The first kappa shape index (κ1) is 23.2. The van der Waals surface area contributed by atoms with Gasteiger partial charge in [0.1, 0.15) is 0 Å². The number of nitrogens with one attached hydrogen (secondary N) is 1. The van der Waals surface area contributed by atoms with E-state index in [4.69, 9.17) is 9.47 Å². The van der Waals surface area contributed by atoms with Crippen LogP contribution in [0.15, 0.2) is 36.0 Å². The molecule has 1 spiro atoms. The number of epoxide rings is 1. The highest BCUT2D eigenvalue weighted by molar-refractivity contribution is 5.87. The predicted octanol–water partition coefficient (Wildman–Crippen LogP) is 4.22. The van der Waals surface area contributed by atoms with Crippen molar-refractivity contribution in [3.8, 4) is 0 Å². The van der Waals surface area contributed by atoms with E-state index in [2.05, 4.69) is 44.3 Å². The largest absolute Gasteiger partial charge is 0.389 e. The monoisotopic (exact) mass is 417 g/mol. The summed E-state index contributed by atoms with van der Waals surface area (Å²) in [5.74, 6) is 0.578. The molecule has 1 saturated carbocycles. The minimum atomic E-state index is -0.588. The molecule has 0 unspecified atom stereocenters. The van der Waals surface area contributed by atoms with Gasteiger partial charge in [-0.25, -0.2) is 0 Å². The fraction of sp³-hybridized carbons (Fsp3) is 0.720. The number of hydrogen-bond acceptors (Lipinski definition) is 4. The van der Waals surface area contributed by atoms with Gasteiger partial charge in [-0.3, -0.25) is 4.79 Å². The maximum atomic E-state index is 11.9. The molecule has 0 aromatic heterocycles. The average Bonchev–Trinajstić information content (AvgIpc) is 3.40. The van der Waals surface area contributed by atoms with Gasteiger partial charge in [0.2, 0.25) is 5.91 Å².